The highest BCUT2D eigenvalue weighted by molar-refractivity contribution is 7.89. The fourth-order valence-electron chi connectivity index (χ4n) is 6.37. The van der Waals surface area contributed by atoms with Crippen LogP contribution in [0.25, 0.3) is 10.8 Å². The molecular weight excluding hydrogens is 568 g/mol. The number of piperidine rings is 1. The topological polar surface area (TPSA) is 120 Å². The van der Waals surface area contributed by atoms with Crippen LogP contribution in [-0.4, -0.2) is 83.6 Å². The minimum absolute atomic E-state index is 0.0604. The van der Waals surface area contributed by atoms with Crippen molar-refractivity contribution in [1.82, 2.24) is 14.2 Å². The summed E-state index contributed by atoms with van der Waals surface area (Å²) in [6.45, 7) is 1.41. The number of fused-ring (bicyclic) bond motifs is 2. The Balaban J connectivity index is 1.28. The Bertz CT molecular complexity index is 1600. The van der Waals surface area contributed by atoms with Gasteiger partial charge < -0.3 is 19.6 Å². The van der Waals surface area contributed by atoms with Crippen molar-refractivity contribution in [2.24, 2.45) is 0 Å². The Morgan fingerprint density at radius 1 is 1.02 bits per heavy atom. The zero-order chi connectivity index (χ0) is 28.8. The molecule has 1 spiro atoms. The van der Waals surface area contributed by atoms with Gasteiger partial charge in [0, 0.05) is 42.6 Å². The van der Waals surface area contributed by atoms with Gasteiger partial charge in [0.15, 0.2) is 5.72 Å². The van der Waals surface area contributed by atoms with Gasteiger partial charge in [-0.25, -0.2) is 8.42 Å². The van der Waals surface area contributed by atoms with E-state index in [1.807, 2.05) is 12.1 Å². The number of halogens is 1. The number of benzene rings is 2. The zero-order valence-electron chi connectivity index (χ0n) is 22.4. The fourth-order valence-corrected chi connectivity index (χ4v) is 8.01. The standard InChI is InChI=1S/C29H31ClN4O6S/c30-23-5-3-22-17-25(6-4-21(22)16-23)41(38,39)33-18-26(35)34-19-28(40-29(34,20-33)9-1-2-27(36)37)10-14-32(15-11-28)24-7-12-31-13-8-24/h3-8,12-13,16-17H,1-2,9-11,14-15,18-20H2,(H,36,37). The molecule has 10 nitrogen and oxygen atoms in total. The summed E-state index contributed by atoms with van der Waals surface area (Å²) in [5.74, 6) is -1.29. The predicted octanol–water partition coefficient (Wildman–Crippen LogP) is 3.74. The van der Waals surface area contributed by atoms with Gasteiger partial charge in [-0.2, -0.15) is 4.31 Å². The zero-order valence-corrected chi connectivity index (χ0v) is 24.0. The molecule has 3 aliphatic heterocycles. The van der Waals surface area contributed by atoms with E-state index in [9.17, 15) is 23.1 Å². The molecule has 41 heavy (non-hydrogen) atoms. The van der Waals surface area contributed by atoms with Crippen molar-refractivity contribution < 1.29 is 27.9 Å². The number of carboxylic acids is 1. The summed E-state index contributed by atoms with van der Waals surface area (Å²) >= 11 is 6.09. The lowest BCUT2D eigenvalue weighted by Gasteiger charge is -2.45. The number of pyridine rings is 1. The highest BCUT2D eigenvalue weighted by Crippen LogP contribution is 2.46. The number of carbonyl (C=O) groups is 2. The second-order valence-corrected chi connectivity index (χ2v) is 13.5. The number of carbonyl (C=O) groups excluding carboxylic acids is 1. The molecule has 3 saturated heterocycles. The summed E-state index contributed by atoms with van der Waals surface area (Å²) in [7, 11) is -4.06. The molecule has 0 radical (unpaired) electrons. The third kappa shape index (κ3) is 5.27. The Labute approximate surface area is 243 Å². The molecular formula is C29H31ClN4O6S. The van der Waals surface area contributed by atoms with Gasteiger partial charge in [0.05, 0.1) is 30.1 Å². The van der Waals surface area contributed by atoms with Gasteiger partial charge in [-0.15, -0.1) is 0 Å². The maximum absolute atomic E-state index is 13.9. The van der Waals surface area contributed by atoms with Crippen LogP contribution in [0.3, 0.4) is 0 Å². The molecule has 0 aliphatic carbocycles. The summed E-state index contributed by atoms with van der Waals surface area (Å²) in [5.41, 5.74) is -0.807. The lowest BCUT2D eigenvalue weighted by atomic mass is 9.91. The lowest BCUT2D eigenvalue weighted by Crippen LogP contribution is -2.63. The van der Waals surface area contributed by atoms with Gasteiger partial charge in [0.25, 0.3) is 0 Å². The first kappa shape index (κ1) is 27.9. The molecule has 2 aromatic carbocycles. The van der Waals surface area contributed by atoms with E-state index < -0.39 is 27.3 Å². The smallest absolute Gasteiger partial charge is 0.303 e. The van der Waals surface area contributed by atoms with E-state index in [4.69, 9.17) is 16.3 Å². The molecule has 3 aliphatic rings. The van der Waals surface area contributed by atoms with Crippen molar-refractivity contribution >= 4 is 50.0 Å². The van der Waals surface area contributed by atoms with Gasteiger partial charge in [-0.3, -0.25) is 14.6 Å². The van der Waals surface area contributed by atoms with Crippen LogP contribution < -0.4 is 4.90 Å². The van der Waals surface area contributed by atoms with Gasteiger partial charge in [0.2, 0.25) is 15.9 Å². The molecule has 3 fully saturated rings. The number of amides is 1. The van der Waals surface area contributed by atoms with Crippen molar-refractivity contribution in [1.29, 1.82) is 0 Å². The van der Waals surface area contributed by atoms with Gasteiger partial charge in [0.1, 0.15) is 0 Å². The molecule has 4 heterocycles. The minimum Gasteiger partial charge on any atom is -0.481 e. The van der Waals surface area contributed by atoms with E-state index in [-0.39, 0.29) is 43.2 Å². The molecule has 1 N–H and O–H groups in total. The van der Waals surface area contributed by atoms with E-state index in [1.165, 1.54) is 10.4 Å². The molecule has 12 heteroatoms. The second kappa shape index (κ2) is 10.5. The first-order valence-electron chi connectivity index (χ1n) is 13.7. The van der Waals surface area contributed by atoms with E-state index in [0.29, 0.717) is 42.9 Å². The van der Waals surface area contributed by atoms with E-state index in [2.05, 4.69) is 9.88 Å². The van der Waals surface area contributed by atoms with Crippen LogP contribution in [0.15, 0.2) is 65.8 Å². The number of nitrogens with zero attached hydrogens (tertiary/aromatic N) is 4. The summed E-state index contributed by atoms with van der Waals surface area (Å²) in [6.07, 6.45) is 5.19. The minimum atomic E-state index is -4.06. The Hall–Kier alpha value is -3.25. The Kier molecular flexibility index (Phi) is 7.17. The Morgan fingerprint density at radius 2 is 1.73 bits per heavy atom. The van der Waals surface area contributed by atoms with Crippen molar-refractivity contribution in [3.8, 4) is 0 Å². The molecule has 1 aromatic heterocycles. The van der Waals surface area contributed by atoms with Crippen molar-refractivity contribution in [2.45, 2.75) is 48.3 Å². The number of aromatic nitrogens is 1. The SMILES string of the molecule is O=C(O)CCCC12CN(S(=O)(=O)c3ccc4cc(Cl)ccc4c3)CC(=O)N1CC1(CCN(c3ccncc3)CC1)O2. The average Bonchev–Trinajstić information content (AvgIpc) is 3.27. The van der Waals surface area contributed by atoms with E-state index in [1.54, 1.807) is 47.6 Å². The summed E-state index contributed by atoms with van der Waals surface area (Å²) in [5, 5.41) is 11.4. The van der Waals surface area contributed by atoms with Crippen LogP contribution in [0.4, 0.5) is 5.69 Å². The van der Waals surface area contributed by atoms with Crippen molar-refractivity contribution in [3.05, 3.63) is 65.9 Å². The van der Waals surface area contributed by atoms with Crippen LogP contribution >= 0.6 is 11.6 Å². The molecule has 1 atom stereocenters. The van der Waals surface area contributed by atoms with E-state index >= 15 is 0 Å². The highest BCUT2D eigenvalue weighted by Gasteiger charge is 2.60. The van der Waals surface area contributed by atoms with Gasteiger partial charge >= 0.3 is 5.97 Å². The maximum Gasteiger partial charge on any atom is 0.303 e. The first-order valence-corrected chi connectivity index (χ1v) is 15.5. The molecule has 6 rings (SSSR count). The maximum atomic E-state index is 13.9. The van der Waals surface area contributed by atoms with Gasteiger partial charge in [-0.1, -0.05) is 23.7 Å². The molecule has 3 aromatic rings. The first-order chi connectivity index (χ1) is 19.6. The lowest BCUT2D eigenvalue weighted by molar-refractivity contribution is -0.181. The molecule has 216 valence electrons. The number of aliphatic carboxylic acids is 1. The number of rotatable bonds is 7. The Morgan fingerprint density at radius 3 is 2.46 bits per heavy atom. The number of ether oxygens (including phenoxy) is 1. The second-order valence-electron chi connectivity index (χ2n) is 11.1. The van der Waals surface area contributed by atoms with Gasteiger partial charge in [-0.05, 0) is 72.9 Å². The fraction of sp³-hybridized carbons (Fsp3) is 0.414. The van der Waals surface area contributed by atoms with Crippen molar-refractivity contribution in [3.63, 3.8) is 0 Å². The van der Waals surface area contributed by atoms with E-state index in [0.717, 1.165) is 11.1 Å². The summed E-state index contributed by atoms with van der Waals surface area (Å²) in [6, 6.07) is 13.9. The third-order valence-electron chi connectivity index (χ3n) is 8.45. The molecule has 1 unspecified atom stereocenters. The number of sulfonamides is 1. The number of anilines is 1. The number of piperazine rings is 1. The average molecular weight is 599 g/mol. The van der Waals surface area contributed by atoms with Crippen molar-refractivity contribution in [2.75, 3.05) is 37.6 Å². The number of hydrogen-bond acceptors (Lipinski definition) is 7. The number of carboxylic acid groups (broad SMARTS) is 1. The quantitative estimate of drug-likeness (QED) is 0.437. The third-order valence-corrected chi connectivity index (χ3v) is 10.5. The van der Waals surface area contributed by atoms with Crippen LogP contribution in [0.5, 0.6) is 0 Å². The van der Waals surface area contributed by atoms with Crippen LogP contribution in [0.2, 0.25) is 5.02 Å². The van der Waals surface area contributed by atoms with Crippen LogP contribution in [-0.2, 0) is 24.3 Å². The molecule has 0 saturated carbocycles. The summed E-state index contributed by atoms with van der Waals surface area (Å²) < 4.78 is 35.8. The van der Waals surface area contributed by atoms with Crippen LogP contribution in [0.1, 0.15) is 32.1 Å². The molecule has 0 bridgehead atoms. The summed E-state index contributed by atoms with van der Waals surface area (Å²) in [4.78, 5) is 33.1. The highest BCUT2D eigenvalue weighted by atomic mass is 35.5. The number of hydrogen-bond donors (Lipinski definition) is 1. The largest absolute Gasteiger partial charge is 0.481 e. The monoisotopic (exact) mass is 598 g/mol. The predicted molar refractivity (Wildman–Crippen MR) is 153 cm³/mol. The normalized spacial score (nSPS) is 22.8. The molecule has 1 amide bonds. The van der Waals surface area contributed by atoms with Crippen LogP contribution in [0, 0.1) is 0 Å².